The number of azo groups is 1. The minimum absolute atomic E-state index is 0. The molecule has 16 heavy (non-hydrogen) atoms. The summed E-state index contributed by atoms with van der Waals surface area (Å²) in [5.41, 5.74) is 1.74. The molecule has 0 aliphatic rings. The second-order valence-electron chi connectivity index (χ2n) is 2.87. The van der Waals surface area contributed by atoms with Gasteiger partial charge in [-0.1, -0.05) is 36.4 Å². The molecule has 0 saturated heterocycles. The third-order valence-electron chi connectivity index (χ3n) is 1.79. The van der Waals surface area contributed by atoms with Crippen LogP contribution < -0.4 is 0 Å². The first-order valence-electron chi connectivity index (χ1n) is 4.47. The number of hydrogen-bond acceptors (Lipinski definition) is 2. The molecule has 0 bridgehead atoms. The quantitative estimate of drug-likeness (QED) is 0.743. The number of rotatable bonds is 2. The standard InChI is InChI=1S/C12H10N2.2Cr/c1-3-7-11(8-4-1)13-14-12-9-5-2-6-10-12;;/h1-10H;;. The minimum Gasteiger partial charge on any atom is -0.151 e. The van der Waals surface area contributed by atoms with Crippen LogP contribution in [0.4, 0.5) is 11.4 Å². The molecule has 0 amide bonds. The molecular formula is C12H10Cr2N2. The van der Waals surface area contributed by atoms with Crippen LogP contribution in [0.15, 0.2) is 70.9 Å². The van der Waals surface area contributed by atoms with Gasteiger partial charge in [0.05, 0.1) is 11.4 Å². The number of nitrogens with zero attached hydrogens (tertiary/aromatic N) is 2. The fraction of sp³-hybridized carbons (Fsp3) is 0. The summed E-state index contributed by atoms with van der Waals surface area (Å²) in [7, 11) is 0. The SMILES string of the molecule is [Cr].[Cr].c1ccc(N=Nc2ccccc2)cc1. The zero-order chi connectivity index (χ0) is 9.64. The van der Waals surface area contributed by atoms with Crippen molar-refractivity contribution in [2.75, 3.05) is 0 Å². The van der Waals surface area contributed by atoms with Gasteiger partial charge in [0.25, 0.3) is 0 Å². The maximum Gasteiger partial charge on any atom is 0.0857 e. The van der Waals surface area contributed by atoms with E-state index in [1.54, 1.807) is 0 Å². The van der Waals surface area contributed by atoms with Crippen LogP contribution in [0.25, 0.3) is 0 Å². The van der Waals surface area contributed by atoms with Crippen LogP contribution in [0.5, 0.6) is 0 Å². The van der Waals surface area contributed by atoms with Crippen molar-refractivity contribution in [1.82, 2.24) is 0 Å². The van der Waals surface area contributed by atoms with Crippen molar-refractivity contribution in [3.05, 3.63) is 60.7 Å². The van der Waals surface area contributed by atoms with Crippen LogP contribution in [0.3, 0.4) is 0 Å². The molecule has 0 saturated carbocycles. The summed E-state index contributed by atoms with van der Waals surface area (Å²) >= 11 is 0. The van der Waals surface area contributed by atoms with Crippen LogP contribution in [0.2, 0.25) is 0 Å². The number of benzene rings is 2. The van der Waals surface area contributed by atoms with Crippen LogP contribution in [0, 0.1) is 0 Å². The van der Waals surface area contributed by atoms with E-state index in [4.69, 9.17) is 0 Å². The summed E-state index contributed by atoms with van der Waals surface area (Å²) in [5, 5.41) is 8.20. The predicted octanol–water partition coefficient (Wildman–Crippen LogP) is 4.10. The van der Waals surface area contributed by atoms with E-state index in [0.717, 1.165) is 11.4 Å². The van der Waals surface area contributed by atoms with Gasteiger partial charge in [-0.25, -0.2) is 0 Å². The topological polar surface area (TPSA) is 24.7 Å². The van der Waals surface area contributed by atoms with E-state index >= 15 is 0 Å². The molecule has 80 valence electrons. The van der Waals surface area contributed by atoms with E-state index in [0.29, 0.717) is 0 Å². The van der Waals surface area contributed by atoms with E-state index in [1.165, 1.54) is 0 Å². The molecule has 0 aliphatic carbocycles. The molecule has 0 radical (unpaired) electrons. The van der Waals surface area contributed by atoms with Crippen LogP contribution in [0.1, 0.15) is 0 Å². The Bertz CT molecular complexity index is 374. The molecule has 2 rings (SSSR count). The Morgan fingerprint density at radius 1 is 0.500 bits per heavy atom. The molecule has 0 unspecified atom stereocenters. The van der Waals surface area contributed by atoms with E-state index in [9.17, 15) is 0 Å². The molecule has 0 atom stereocenters. The molecular weight excluding hydrogens is 276 g/mol. The summed E-state index contributed by atoms with van der Waals surface area (Å²) in [6.07, 6.45) is 0. The summed E-state index contributed by atoms with van der Waals surface area (Å²) in [5.74, 6) is 0. The molecule has 2 aromatic carbocycles. The Hall–Kier alpha value is -0.895. The van der Waals surface area contributed by atoms with Gasteiger partial charge in [0, 0.05) is 34.7 Å². The summed E-state index contributed by atoms with van der Waals surface area (Å²) < 4.78 is 0. The van der Waals surface area contributed by atoms with Gasteiger partial charge in [-0.2, -0.15) is 10.2 Å². The molecule has 4 heteroatoms. The first-order chi connectivity index (χ1) is 6.95. The largest absolute Gasteiger partial charge is 0.151 e. The molecule has 0 heterocycles. The normalized spacial score (nSPS) is 9.25. The van der Waals surface area contributed by atoms with Crippen molar-refractivity contribution in [3.8, 4) is 0 Å². The second kappa shape index (κ2) is 8.28. The maximum absolute atomic E-state index is 4.10. The van der Waals surface area contributed by atoms with Crippen molar-refractivity contribution in [2.24, 2.45) is 10.2 Å². The van der Waals surface area contributed by atoms with Crippen molar-refractivity contribution < 1.29 is 34.7 Å². The zero-order valence-electron chi connectivity index (χ0n) is 8.48. The summed E-state index contributed by atoms with van der Waals surface area (Å²) in [6, 6.07) is 19.4. The van der Waals surface area contributed by atoms with Crippen molar-refractivity contribution in [3.63, 3.8) is 0 Å². The van der Waals surface area contributed by atoms with Crippen molar-refractivity contribution >= 4 is 11.4 Å². The smallest absolute Gasteiger partial charge is 0.0857 e. The Morgan fingerprint density at radius 3 is 1.12 bits per heavy atom. The molecule has 0 aromatic heterocycles. The van der Waals surface area contributed by atoms with Crippen molar-refractivity contribution in [1.29, 1.82) is 0 Å². The van der Waals surface area contributed by atoms with Gasteiger partial charge in [-0.3, -0.25) is 0 Å². The Labute approximate surface area is 117 Å². The fourth-order valence-corrected chi connectivity index (χ4v) is 1.10. The molecule has 0 aliphatic heterocycles. The average molecular weight is 286 g/mol. The van der Waals surface area contributed by atoms with Gasteiger partial charge in [0.1, 0.15) is 0 Å². The van der Waals surface area contributed by atoms with Crippen LogP contribution in [-0.4, -0.2) is 0 Å². The van der Waals surface area contributed by atoms with Gasteiger partial charge >= 0.3 is 0 Å². The maximum atomic E-state index is 4.10. The molecule has 0 spiro atoms. The number of hydrogen-bond donors (Lipinski definition) is 0. The molecule has 2 nitrogen and oxygen atoms in total. The van der Waals surface area contributed by atoms with Gasteiger partial charge < -0.3 is 0 Å². The van der Waals surface area contributed by atoms with E-state index < -0.39 is 0 Å². The zero-order valence-corrected chi connectivity index (χ0v) is 11.0. The third-order valence-corrected chi connectivity index (χ3v) is 1.79. The predicted molar refractivity (Wildman–Crippen MR) is 57.1 cm³/mol. The first kappa shape index (κ1) is 15.1. The third kappa shape index (κ3) is 4.75. The Kier molecular flexibility index (Phi) is 7.82. The molecule has 2 aromatic rings. The molecule has 0 N–H and O–H groups in total. The average Bonchev–Trinajstić information content (AvgIpc) is 2.29. The van der Waals surface area contributed by atoms with Gasteiger partial charge in [0.2, 0.25) is 0 Å². The monoisotopic (exact) mass is 286 g/mol. The Morgan fingerprint density at radius 2 is 0.812 bits per heavy atom. The van der Waals surface area contributed by atoms with E-state index in [-0.39, 0.29) is 34.7 Å². The Balaban J connectivity index is 0.00000112. The first-order valence-corrected chi connectivity index (χ1v) is 4.47. The summed E-state index contributed by atoms with van der Waals surface area (Å²) in [4.78, 5) is 0. The van der Waals surface area contributed by atoms with Gasteiger partial charge in [-0.05, 0) is 24.3 Å². The fourth-order valence-electron chi connectivity index (χ4n) is 1.10. The van der Waals surface area contributed by atoms with Crippen LogP contribution >= 0.6 is 0 Å². The van der Waals surface area contributed by atoms with Gasteiger partial charge in [-0.15, -0.1) is 0 Å². The summed E-state index contributed by atoms with van der Waals surface area (Å²) in [6.45, 7) is 0. The van der Waals surface area contributed by atoms with Gasteiger partial charge in [0.15, 0.2) is 0 Å². The van der Waals surface area contributed by atoms with E-state index in [1.807, 2.05) is 60.7 Å². The van der Waals surface area contributed by atoms with Crippen molar-refractivity contribution in [2.45, 2.75) is 0 Å². The van der Waals surface area contributed by atoms with Crippen LogP contribution in [-0.2, 0) is 34.7 Å². The minimum atomic E-state index is 0. The molecule has 0 fully saturated rings. The van der Waals surface area contributed by atoms with E-state index in [2.05, 4.69) is 10.2 Å². The second-order valence-corrected chi connectivity index (χ2v) is 2.87.